The van der Waals surface area contributed by atoms with E-state index in [1.165, 1.54) is 11.9 Å². The summed E-state index contributed by atoms with van der Waals surface area (Å²) in [6.45, 7) is 0.263. The number of carboxylic acid groups (broad SMARTS) is 1. The van der Waals surface area contributed by atoms with E-state index in [0.29, 0.717) is 6.61 Å². The van der Waals surface area contributed by atoms with E-state index in [1.54, 1.807) is 0 Å². The first-order valence-electron chi connectivity index (χ1n) is 8.28. The molecule has 1 aliphatic carbocycles. The van der Waals surface area contributed by atoms with Gasteiger partial charge in [-0.15, -0.1) is 0 Å². The number of amides is 1. The van der Waals surface area contributed by atoms with Crippen molar-refractivity contribution in [3.05, 3.63) is 65.7 Å². The van der Waals surface area contributed by atoms with Gasteiger partial charge in [0.15, 0.2) is 0 Å². The van der Waals surface area contributed by atoms with E-state index in [1.807, 2.05) is 54.6 Å². The minimum absolute atomic E-state index is 0.100. The Morgan fingerprint density at radius 1 is 1.12 bits per heavy atom. The zero-order valence-electron chi connectivity index (χ0n) is 14.1. The van der Waals surface area contributed by atoms with Gasteiger partial charge in [-0.3, -0.25) is 9.59 Å². The van der Waals surface area contributed by atoms with Crippen molar-refractivity contribution in [2.75, 3.05) is 13.6 Å². The minimum atomic E-state index is -0.993. The van der Waals surface area contributed by atoms with Crippen LogP contribution in [0.5, 0.6) is 5.75 Å². The lowest BCUT2D eigenvalue weighted by atomic mass is 10.1. The molecule has 0 saturated heterocycles. The Balaban J connectivity index is 1.53. The van der Waals surface area contributed by atoms with Crippen LogP contribution in [0, 0.1) is 5.92 Å². The number of ether oxygens (including phenoxy) is 1. The lowest BCUT2D eigenvalue weighted by Crippen LogP contribution is -2.33. The van der Waals surface area contributed by atoms with Gasteiger partial charge in [-0.25, -0.2) is 0 Å². The van der Waals surface area contributed by atoms with Gasteiger partial charge in [0.1, 0.15) is 18.9 Å². The molecule has 1 amide bonds. The highest BCUT2D eigenvalue weighted by molar-refractivity contribution is 5.85. The fraction of sp³-hybridized carbons (Fsp3) is 0.300. The van der Waals surface area contributed by atoms with E-state index in [2.05, 4.69) is 0 Å². The molecular formula is C20H21NO4. The van der Waals surface area contributed by atoms with E-state index < -0.39 is 5.97 Å². The van der Waals surface area contributed by atoms with Gasteiger partial charge in [0, 0.05) is 13.0 Å². The van der Waals surface area contributed by atoms with Crippen LogP contribution in [0.2, 0.25) is 0 Å². The summed E-state index contributed by atoms with van der Waals surface area (Å²) < 4.78 is 5.76. The average Bonchev–Trinajstić information content (AvgIpc) is 3.41. The standard InChI is InChI=1S/C20H21NO4/c1-21(12-19(22)23)20(24)18-11-17(18)15-7-9-16(10-8-15)25-13-14-5-3-2-4-6-14/h2-10,17-18H,11-13H2,1H3,(H,22,23). The Hall–Kier alpha value is -2.82. The van der Waals surface area contributed by atoms with Crippen LogP contribution in [-0.4, -0.2) is 35.5 Å². The molecule has 2 aromatic carbocycles. The van der Waals surface area contributed by atoms with Crippen molar-refractivity contribution in [2.45, 2.75) is 18.9 Å². The molecular weight excluding hydrogens is 318 g/mol. The molecule has 2 unspecified atom stereocenters. The highest BCUT2D eigenvalue weighted by atomic mass is 16.5. The largest absolute Gasteiger partial charge is 0.489 e. The number of nitrogens with zero attached hydrogens (tertiary/aromatic N) is 1. The van der Waals surface area contributed by atoms with Crippen molar-refractivity contribution in [1.29, 1.82) is 0 Å². The Bertz CT molecular complexity index is 742. The van der Waals surface area contributed by atoms with Crippen molar-refractivity contribution in [1.82, 2.24) is 4.90 Å². The smallest absolute Gasteiger partial charge is 0.323 e. The summed E-state index contributed by atoms with van der Waals surface area (Å²) in [5, 5.41) is 8.77. The maximum absolute atomic E-state index is 12.2. The molecule has 2 aromatic rings. The van der Waals surface area contributed by atoms with Gasteiger partial charge < -0.3 is 14.7 Å². The molecule has 25 heavy (non-hydrogen) atoms. The second-order valence-corrected chi connectivity index (χ2v) is 6.38. The molecule has 1 N–H and O–H groups in total. The zero-order valence-corrected chi connectivity index (χ0v) is 14.1. The summed E-state index contributed by atoms with van der Waals surface area (Å²) in [4.78, 5) is 24.2. The van der Waals surface area contributed by atoms with Crippen molar-refractivity contribution in [3.63, 3.8) is 0 Å². The van der Waals surface area contributed by atoms with Crippen LogP contribution in [-0.2, 0) is 16.2 Å². The Morgan fingerprint density at radius 2 is 1.80 bits per heavy atom. The van der Waals surface area contributed by atoms with Crippen LogP contribution >= 0.6 is 0 Å². The number of likely N-dealkylation sites (N-methyl/N-ethyl adjacent to an activating group) is 1. The van der Waals surface area contributed by atoms with E-state index in [0.717, 1.165) is 23.3 Å². The number of carbonyl (C=O) groups excluding carboxylic acids is 1. The molecule has 0 spiro atoms. The third-order valence-corrected chi connectivity index (χ3v) is 4.41. The molecule has 0 bridgehead atoms. The maximum Gasteiger partial charge on any atom is 0.323 e. The van der Waals surface area contributed by atoms with Crippen LogP contribution in [0.25, 0.3) is 0 Å². The third-order valence-electron chi connectivity index (χ3n) is 4.41. The normalized spacial score (nSPS) is 18.4. The first kappa shape index (κ1) is 17.0. The van der Waals surface area contributed by atoms with Gasteiger partial charge in [-0.2, -0.15) is 0 Å². The molecule has 0 aliphatic heterocycles. The monoisotopic (exact) mass is 339 g/mol. The second kappa shape index (κ2) is 7.38. The summed E-state index contributed by atoms with van der Waals surface area (Å²) in [6.07, 6.45) is 0.771. The highest BCUT2D eigenvalue weighted by Gasteiger charge is 2.45. The molecule has 0 aromatic heterocycles. The highest BCUT2D eigenvalue weighted by Crippen LogP contribution is 2.48. The topological polar surface area (TPSA) is 66.8 Å². The lowest BCUT2D eigenvalue weighted by molar-refractivity contribution is -0.144. The van der Waals surface area contributed by atoms with Crippen molar-refractivity contribution < 1.29 is 19.4 Å². The predicted molar refractivity (Wildman–Crippen MR) is 93.3 cm³/mol. The van der Waals surface area contributed by atoms with Crippen LogP contribution in [0.4, 0.5) is 0 Å². The minimum Gasteiger partial charge on any atom is -0.489 e. The Kier molecular flexibility index (Phi) is 5.03. The lowest BCUT2D eigenvalue weighted by Gasteiger charge is -2.14. The number of rotatable bonds is 7. The molecule has 130 valence electrons. The summed E-state index contributed by atoms with van der Waals surface area (Å²) in [7, 11) is 1.53. The fourth-order valence-corrected chi connectivity index (χ4v) is 2.95. The first-order chi connectivity index (χ1) is 12.0. The van der Waals surface area contributed by atoms with Crippen molar-refractivity contribution in [2.24, 2.45) is 5.92 Å². The molecule has 1 saturated carbocycles. The van der Waals surface area contributed by atoms with E-state index in [9.17, 15) is 9.59 Å². The number of hydrogen-bond acceptors (Lipinski definition) is 3. The summed E-state index contributed by atoms with van der Waals surface area (Å²) in [5.41, 5.74) is 2.20. The van der Waals surface area contributed by atoms with E-state index in [4.69, 9.17) is 9.84 Å². The number of carboxylic acids is 1. The Morgan fingerprint density at radius 3 is 2.44 bits per heavy atom. The molecule has 5 nitrogen and oxygen atoms in total. The molecule has 5 heteroatoms. The number of carbonyl (C=O) groups is 2. The van der Waals surface area contributed by atoms with Crippen LogP contribution in [0.15, 0.2) is 54.6 Å². The molecule has 1 fully saturated rings. The maximum atomic E-state index is 12.2. The summed E-state index contributed by atoms with van der Waals surface area (Å²) in [6, 6.07) is 17.8. The molecule has 3 rings (SSSR count). The summed E-state index contributed by atoms with van der Waals surface area (Å²) in [5.74, 6) is -0.240. The van der Waals surface area contributed by atoms with Crippen LogP contribution in [0.1, 0.15) is 23.5 Å². The van der Waals surface area contributed by atoms with Gasteiger partial charge in [0.25, 0.3) is 0 Å². The average molecular weight is 339 g/mol. The number of hydrogen-bond donors (Lipinski definition) is 1. The second-order valence-electron chi connectivity index (χ2n) is 6.38. The number of benzene rings is 2. The zero-order chi connectivity index (χ0) is 17.8. The SMILES string of the molecule is CN(CC(=O)O)C(=O)C1CC1c1ccc(OCc2ccccc2)cc1. The van der Waals surface area contributed by atoms with Gasteiger partial charge in [0.05, 0.1) is 0 Å². The van der Waals surface area contributed by atoms with Crippen LogP contribution in [0.3, 0.4) is 0 Å². The first-order valence-corrected chi connectivity index (χ1v) is 8.28. The van der Waals surface area contributed by atoms with E-state index >= 15 is 0 Å². The van der Waals surface area contributed by atoms with Crippen LogP contribution < -0.4 is 4.74 Å². The molecule has 1 aliphatic rings. The van der Waals surface area contributed by atoms with Gasteiger partial charge in [0.2, 0.25) is 5.91 Å². The summed E-state index contributed by atoms with van der Waals surface area (Å²) >= 11 is 0. The third kappa shape index (κ3) is 4.38. The van der Waals surface area contributed by atoms with Crippen molar-refractivity contribution in [3.8, 4) is 5.75 Å². The van der Waals surface area contributed by atoms with Gasteiger partial charge in [-0.1, -0.05) is 42.5 Å². The van der Waals surface area contributed by atoms with Gasteiger partial charge in [-0.05, 0) is 35.6 Å². The predicted octanol–water partition coefficient (Wildman–Crippen LogP) is 2.91. The van der Waals surface area contributed by atoms with Crippen molar-refractivity contribution >= 4 is 11.9 Å². The van der Waals surface area contributed by atoms with Gasteiger partial charge >= 0.3 is 5.97 Å². The van der Waals surface area contributed by atoms with E-state index in [-0.39, 0.29) is 24.3 Å². The quantitative estimate of drug-likeness (QED) is 0.842. The molecule has 0 radical (unpaired) electrons. The Labute approximate surface area is 146 Å². The fourth-order valence-electron chi connectivity index (χ4n) is 2.95. The molecule has 0 heterocycles. The number of aliphatic carboxylic acids is 1. The molecule has 2 atom stereocenters.